The number of nitrogens with zero attached hydrogens (tertiary/aromatic N) is 1. The van der Waals surface area contributed by atoms with Crippen LogP contribution in [0.1, 0.15) is 29.9 Å². The quantitative estimate of drug-likeness (QED) is 0.839. The fourth-order valence-corrected chi connectivity index (χ4v) is 1.76. The molecule has 0 radical (unpaired) electrons. The van der Waals surface area contributed by atoms with E-state index in [1.54, 1.807) is 0 Å². The summed E-state index contributed by atoms with van der Waals surface area (Å²) in [5, 5.41) is 4.03. The number of nitrogens with two attached hydrogens (primary N) is 1. The average Bonchev–Trinajstić information content (AvgIpc) is 2.64. The molecule has 3 nitrogen and oxygen atoms in total. The van der Waals surface area contributed by atoms with Gasteiger partial charge < -0.3 is 10.3 Å². The Bertz CT molecular complexity index is 480. The first-order chi connectivity index (χ1) is 7.56. The normalized spacial score (nSPS) is 12.8. The van der Waals surface area contributed by atoms with Crippen LogP contribution in [0.15, 0.2) is 28.8 Å². The molecule has 0 amide bonds. The van der Waals surface area contributed by atoms with Crippen LogP contribution < -0.4 is 5.73 Å². The van der Waals surface area contributed by atoms with Gasteiger partial charge in [-0.25, -0.2) is 0 Å². The highest BCUT2D eigenvalue weighted by atomic mass is 16.5. The SMILES string of the molecule is Cc1cc(C)cc(-c2cc(C(C)N)on2)c1. The summed E-state index contributed by atoms with van der Waals surface area (Å²) in [5.74, 6) is 0.717. The standard InChI is InChI=1S/C13H16N2O/c1-8-4-9(2)6-11(5-8)12-7-13(10(3)14)16-15-12/h4-7,10H,14H2,1-3H3. The number of hydrogen-bond donors (Lipinski definition) is 1. The second-order valence-corrected chi connectivity index (χ2v) is 4.28. The summed E-state index contributed by atoms with van der Waals surface area (Å²) in [4.78, 5) is 0. The van der Waals surface area contributed by atoms with E-state index < -0.39 is 0 Å². The molecule has 0 aliphatic rings. The monoisotopic (exact) mass is 216 g/mol. The molecule has 1 aromatic carbocycles. The Kier molecular flexibility index (Phi) is 2.79. The van der Waals surface area contributed by atoms with Gasteiger partial charge in [0.1, 0.15) is 5.69 Å². The van der Waals surface area contributed by atoms with Crippen molar-refractivity contribution in [3.05, 3.63) is 41.2 Å². The van der Waals surface area contributed by atoms with Gasteiger partial charge in [0.05, 0.1) is 6.04 Å². The number of hydrogen-bond acceptors (Lipinski definition) is 3. The van der Waals surface area contributed by atoms with Crippen LogP contribution in [0, 0.1) is 13.8 Å². The van der Waals surface area contributed by atoms with Gasteiger partial charge in [-0.2, -0.15) is 0 Å². The van der Waals surface area contributed by atoms with Gasteiger partial charge in [-0.15, -0.1) is 0 Å². The first-order valence-electron chi connectivity index (χ1n) is 5.37. The van der Waals surface area contributed by atoms with Crippen molar-refractivity contribution in [2.45, 2.75) is 26.8 Å². The minimum absolute atomic E-state index is 0.118. The molecule has 0 spiro atoms. The number of aromatic nitrogens is 1. The molecule has 0 saturated carbocycles. The molecule has 0 aliphatic heterocycles. The minimum atomic E-state index is -0.118. The molecule has 16 heavy (non-hydrogen) atoms. The highest BCUT2D eigenvalue weighted by molar-refractivity contribution is 5.61. The topological polar surface area (TPSA) is 52.0 Å². The highest BCUT2D eigenvalue weighted by Gasteiger charge is 2.10. The van der Waals surface area contributed by atoms with Crippen molar-refractivity contribution in [1.82, 2.24) is 5.16 Å². The average molecular weight is 216 g/mol. The molecular formula is C13H16N2O. The van der Waals surface area contributed by atoms with Gasteiger partial charge in [0.25, 0.3) is 0 Å². The van der Waals surface area contributed by atoms with Crippen molar-refractivity contribution in [3.8, 4) is 11.3 Å². The molecule has 1 heterocycles. The van der Waals surface area contributed by atoms with Crippen molar-refractivity contribution in [3.63, 3.8) is 0 Å². The summed E-state index contributed by atoms with van der Waals surface area (Å²) in [6, 6.07) is 8.10. The van der Waals surface area contributed by atoms with Gasteiger partial charge in [0.15, 0.2) is 5.76 Å². The third-order valence-electron chi connectivity index (χ3n) is 2.49. The third-order valence-corrected chi connectivity index (χ3v) is 2.49. The summed E-state index contributed by atoms with van der Waals surface area (Å²) in [5.41, 5.74) is 10.1. The Morgan fingerprint density at radius 3 is 2.25 bits per heavy atom. The second-order valence-electron chi connectivity index (χ2n) is 4.28. The van der Waals surface area contributed by atoms with Gasteiger partial charge in [0, 0.05) is 11.6 Å². The fraction of sp³-hybridized carbons (Fsp3) is 0.308. The largest absolute Gasteiger partial charge is 0.359 e. The van der Waals surface area contributed by atoms with Crippen molar-refractivity contribution in [1.29, 1.82) is 0 Å². The molecule has 1 unspecified atom stereocenters. The predicted molar refractivity (Wildman–Crippen MR) is 64.0 cm³/mol. The van der Waals surface area contributed by atoms with E-state index in [1.807, 2.05) is 13.0 Å². The Morgan fingerprint density at radius 2 is 1.75 bits per heavy atom. The minimum Gasteiger partial charge on any atom is -0.359 e. The Morgan fingerprint density at radius 1 is 1.12 bits per heavy atom. The summed E-state index contributed by atoms with van der Waals surface area (Å²) < 4.78 is 5.19. The molecular weight excluding hydrogens is 200 g/mol. The summed E-state index contributed by atoms with van der Waals surface area (Å²) in [6.07, 6.45) is 0. The van der Waals surface area contributed by atoms with Crippen LogP contribution >= 0.6 is 0 Å². The molecule has 2 rings (SSSR count). The smallest absolute Gasteiger partial charge is 0.153 e. The fourth-order valence-electron chi connectivity index (χ4n) is 1.76. The Hall–Kier alpha value is -1.61. The molecule has 0 fully saturated rings. The lowest BCUT2D eigenvalue weighted by Crippen LogP contribution is -2.02. The first kappa shape index (κ1) is 10.9. The molecule has 3 heteroatoms. The van der Waals surface area contributed by atoms with Gasteiger partial charge in [0.2, 0.25) is 0 Å². The van der Waals surface area contributed by atoms with Crippen molar-refractivity contribution in [2.24, 2.45) is 5.73 Å². The van der Waals surface area contributed by atoms with E-state index in [9.17, 15) is 0 Å². The summed E-state index contributed by atoms with van der Waals surface area (Å²) in [7, 11) is 0. The van der Waals surface area contributed by atoms with E-state index in [0.717, 1.165) is 11.3 Å². The number of benzene rings is 1. The van der Waals surface area contributed by atoms with Crippen LogP contribution in [0.25, 0.3) is 11.3 Å². The third kappa shape index (κ3) is 2.14. The maximum Gasteiger partial charge on any atom is 0.153 e. The van der Waals surface area contributed by atoms with Gasteiger partial charge in [-0.05, 0) is 32.9 Å². The van der Waals surface area contributed by atoms with E-state index >= 15 is 0 Å². The van der Waals surface area contributed by atoms with E-state index in [1.165, 1.54) is 11.1 Å². The molecule has 0 saturated heterocycles. The van der Waals surface area contributed by atoms with Crippen LogP contribution in [0.5, 0.6) is 0 Å². The van der Waals surface area contributed by atoms with E-state index in [0.29, 0.717) is 5.76 Å². The van der Waals surface area contributed by atoms with E-state index in [2.05, 4.69) is 37.2 Å². The van der Waals surface area contributed by atoms with Crippen LogP contribution in [-0.2, 0) is 0 Å². The maximum absolute atomic E-state index is 5.73. The van der Waals surface area contributed by atoms with Gasteiger partial charge >= 0.3 is 0 Å². The molecule has 84 valence electrons. The zero-order chi connectivity index (χ0) is 11.7. The van der Waals surface area contributed by atoms with E-state index in [4.69, 9.17) is 10.3 Å². The molecule has 0 bridgehead atoms. The van der Waals surface area contributed by atoms with Crippen LogP contribution in [0.3, 0.4) is 0 Å². The molecule has 2 aromatic rings. The van der Waals surface area contributed by atoms with Crippen LogP contribution in [-0.4, -0.2) is 5.16 Å². The zero-order valence-electron chi connectivity index (χ0n) is 9.82. The molecule has 0 aliphatic carbocycles. The second kappa shape index (κ2) is 4.10. The van der Waals surface area contributed by atoms with Crippen LogP contribution in [0.4, 0.5) is 0 Å². The maximum atomic E-state index is 5.73. The Balaban J connectivity index is 2.42. The van der Waals surface area contributed by atoms with E-state index in [-0.39, 0.29) is 6.04 Å². The summed E-state index contributed by atoms with van der Waals surface area (Å²) in [6.45, 7) is 6.03. The molecule has 2 N–H and O–H groups in total. The predicted octanol–water partition coefficient (Wildman–Crippen LogP) is 2.98. The lowest BCUT2D eigenvalue weighted by molar-refractivity contribution is 0.369. The van der Waals surface area contributed by atoms with Crippen molar-refractivity contribution >= 4 is 0 Å². The van der Waals surface area contributed by atoms with Crippen LogP contribution in [0.2, 0.25) is 0 Å². The molecule has 1 aromatic heterocycles. The van der Waals surface area contributed by atoms with Crippen molar-refractivity contribution < 1.29 is 4.52 Å². The van der Waals surface area contributed by atoms with Gasteiger partial charge in [-0.1, -0.05) is 22.3 Å². The first-order valence-corrected chi connectivity index (χ1v) is 5.37. The highest BCUT2D eigenvalue weighted by Crippen LogP contribution is 2.23. The Labute approximate surface area is 95.3 Å². The zero-order valence-corrected chi connectivity index (χ0v) is 9.82. The lowest BCUT2D eigenvalue weighted by atomic mass is 10.0. The number of aryl methyl sites for hydroxylation is 2. The van der Waals surface area contributed by atoms with Crippen molar-refractivity contribution in [2.75, 3.05) is 0 Å². The molecule has 1 atom stereocenters. The summed E-state index contributed by atoms with van der Waals surface area (Å²) >= 11 is 0. The lowest BCUT2D eigenvalue weighted by Gasteiger charge is -2.00. The number of rotatable bonds is 2. The van der Waals surface area contributed by atoms with Gasteiger partial charge in [-0.3, -0.25) is 0 Å².